The molecule has 2 aromatic rings. The van der Waals surface area contributed by atoms with Gasteiger partial charge in [-0.2, -0.15) is 0 Å². The Balaban J connectivity index is 1.74. The zero-order chi connectivity index (χ0) is 14.8. The molecule has 0 spiro atoms. The van der Waals surface area contributed by atoms with E-state index in [1.165, 1.54) is 12.8 Å². The molecule has 0 radical (unpaired) electrons. The van der Waals surface area contributed by atoms with Crippen LogP contribution in [0.15, 0.2) is 29.0 Å². The summed E-state index contributed by atoms with van der Waals surface area (Å²) in [5.41, 5.74) is 0.832. The highest BCUT2D eigenvalue weighted by Gasteiger charge is 2.20. The standard InChI is InChI=1S/C14H12BrCl2N3O/c15-10-3-12(17)13(4-11(10)16)21-14-7-18-5-9(20-14)6-19-8-1-2-8/h3-5,7-8,19H,1-2,6H2. The largest absolute Gasteiger partial charge is 0.436 e. The maximum absolute atomic E-state index is 6.13. The highest BCUT2D eigenvalue weighted by Crippen LogP contribution is 2.35. The van der Waals surface area contributed by atoms with Gasteiger partial charge in [-0.1, -0.05) is 23.2 Å². The lowest BCUT2D eigenvalue weighted by Crippen LogP contribution is -2.16. The van der Waals surface area contributed by atoms with E-state index in [2.05, 4.69) is 31.2 Å². The summed E-state index contributed by atoms with van der Waals surface area (Å²) in [6.45, 7) is 0.684. The van der Waals surface area contributed by atoms with Gasteiger partial charge in [0.05, 0.1) is 21.9 Å². The third-order valence-electron chi connectivity index (χ3n) is 3.00. The number of benzene rings is 1. The minimum Gasteiger partial charge on any atom is -0.436 e. The predicted molar refractivity (Wildman–Crippen MR) is 86.1 cm³/mol. The van der Waals surface area contributed by atoms with Gasteiger partial charge in [-0.15, -0.1) is 0 Å². The normalized spacial score (nSPS) is 14.2. The van der Waals surface area contributed by atoms with Crippen molar-refractivity contribution in [3.8, 4) is 11.6 Å². The molecule has 110 valence electrons. The number of rotatable bonds is 5. The van der Waals surface area contributed by atoms with Crippen LogP contribution in [0.25, 0.3) is 0 Å². The van der Waals surface area contributed by atoms with Crippen LogP contribution in [0.4, 0.5) is 0 Å². The quantitative estimate of drug-likeness (QED) is 0.761. The number of aromatic nitrogens is 2. The Morgan fingerprint density at radius 1 is 1.24 bits per heavy atom. The summed E-state index contributed by atoms with van der Waals surface area (Å²) in [6, 6.07) is 3.95. The maximum atomic E-state index is 6.13. The van der Waals surface area contributed by atoms with E-state index in [0.717, 1.165) is 10.2 Å². The molecular weight excluding hydrogens is 377 g/mol. The lowest BCUT2D eigenvalue weighted by molar-refractivity contribution is 0.456. The first-order chi connectivity index (χ1) is 10.1. The molecule has 4 nitrogen and oxygen atoms in total. The maximum Gasteiger partial charge on any atom is 0.238 e. The van der Waals surface area contributed by atoms with Crippen LogP contribution in [0.1, 0.15) is 18.5 Å². The molecule has 1 fully saturated rings. The monoisotopic (exact) mass is 387 g/mol. The second-order valence-electron chi connectivity index (χ2n) is 4.80. The van der Waals surface area contributed by atoms with Gasteiger partial charge in [0.25, 0.3) is 0 Å². The molecule has 1 heterocycles. The summed E-state index contributed by atoms with van der Waals surface area (Å²) in [5, 5.41) is 4.36. The Bertz CT molecular complexity index is 665. The van der Waals surface area contributed by atoms with Crippen molar-refractivity contribution in [2.45, 2.75) is 25.4 Å². The Morgan fingerprint density at radius 3 is 2.81 bits per heavy atom. The molecule has 1 aromatic heterocycles. The summed E-state index contributed by atoms with van der Waals surface area (Å²) in [6.07, 6.45) is 5.73. The Kier molecular flexibility index (Phi) is 4.64. The lowest BCUT2D eigenvalue weighted by Gasteiger charge is -2.09. The number of hydrogen-bond acceptors (Lipinski definition) is 4. The van der Waals surface area contributed by atoms with Gasteiger partial charge in [-0.25, -0.2) is 4.98 Å². The topological polar surface area (TPSA) is 47.0 Å². The summed E-state index contributed by atoms with van der Waals surface area (Å²) in [5.74, 6) is 0.844. The lowest BCUT2D eigenvalue weighted by atomic mass is 10.3. The molecule has 0 saturated heterocycles. The first kappa shape index (κ1) is 15.0. The van der Waals surface area contributed by atoms with E-state index in [0.29, 0.717) is 34.3 Å². The molecule has 1 aliphatic carbocycles. The molecule has 1 saturated carbocycles. The summed E-state index contributed by atoms with van der Waals surface area (Å²) in [7, 11) is 0. The van der Waals surface area contributed by atoms with Gasteiger partial charge in [-0.3, -0.25) is 4.98 Å². The Morgan fingerprint density at radius 2 is 2.05 bits per heavy atom. The molecule has 0 amide bonds. The van der Waals surface area contributed by atoms with Crippen molar-refractivity contribution in [1.82, 2.24) is 15.3 Å². The molecule has 3 rings (SSSR count). The zero-order valence-corrected chi connectivity index (χ0v) is 14.0. The van der Waals surface area contributed by atoms with Crippen LogP contribution in [0.5, 0.6) is 11.6 Å². The van der Waals surface area contributed by atoms with Crippen molar-refractivity contribution in [2.75, 3.05) is 0 Å². The minimum absolute atomic E-state index is 0.394. The van der Waals surface area contributed by atoms with Crippen molar-refractivity contribution in [3.05, 3.63) is 44.7 Å². The van der Waals surface area contributed by atoms with Crippen molar-refractivity contribution < 1.29 is 4.74 Å². The fourth-order valence-electron chi connectivity index (χ4n) is 1.75. The van der Waals surface area contributed by atoms with Gasteiger partial charge in [0.2, 0.25) is 5.88 Å². The third-order valence-corrected chi connectivity index (χ3v) is 4.49. The van der Waals surface area contributed by atoms with Gasteiger partial charge in [-0.05, 0) is 34.8 Å². The van der Waals surface area contributed by atoms with E-state index in [-0.39, 0.29) is 0 Å². The van der Waals surface area contributed by atoms with E-state index in [1.807, 2.05) is 0 Å². The zero-order valence-electron chi connectivity index (χ0n) is 10.9. The third kappa shape index (κ3) is 4.07. The van der Waals surface area contributed by atoms with Gasteiger partial charge in [0.15, 0.2) is 0 Å². The first-order valence-electron chi connectivity index (χ1n) is 6.48. The second-order valence-corrected chi connectivity index (χ2v) is 6.47. The molecule has 0 aliphatic heterocycles. The smallest absolute Gasteiger partial charge is 0.238 e. The van der Waals surface area contributed by atoms with Gasteiger partial charge in [0, 0.05) is 29.3 Å². The molecule has 1 N–H and O–H groups in total. The fourth-order valence-corrected chi connectivity index (χ4v) is 2.58. The highest BCUT2D eigenvalue weighted by molar-refractivity contribution is 9.10. The number of nitrogens with zero attached hydrogens (tertiary/aromatic N) is 2. The fraction of sp³-hybridized carbons (Fsp3) is 0.286. The summed E-state index contributed by atoms with van der Waals surface area (Å²) in [4.78, 5) is 8.54. The molecule has 21 heavy (non-hydrogen) atoms. The number of ether oxygens (including phenoxy) is 1. The second kappa shape index (κ2) is 6.48. The Labute approximate surface area is 141 Å². The number of nitrogens with one attached hydrogen (secondary N) is 1. The van der Waals surface area contributed by atoms with Gasteiger partial charge < -0.3 is 10.1 Å². The van der Waals surface area contributed by atoms with E-state index < -0.39 is 0 Å². The Hall–Kier alpha value is -0.880. The molecule has 7 heteroatoms. The van der Waals surface area contributed by atoms with E-state index in [4.69, 9.17) is 27.9 Å². The first-order valence-corrected chi connectivity index (χ1v) is 8.03. The predicted octanol–water partition coefficient (Wildman–Crippen LogP) is 4.59. The molecule has 1 aromatic carbocycles. The van der Waals surface area contributed by atoms with Crippen molar-refractivity contribution >= 4 is 39.1 Å². The molecule has 1 aliphatic rings. The van der Waals surface area contributed by atoms with E-state index in [1.54, 1.807) is 24.5 Å². The van der Waals surface area contributed by atoms with Crippen LogP contribution in [0.2, 0.25) is 10.0 Å². The van der Waals surface area contributed by atoms with Crippen LogP contribution in [0, 0.1) is 0 Å². The van der Waals surface area contributed by atoms with Crippen LogP contribution >= 0.6 is 39.1 Å². The van der Waals surface area contributed by atoms with Crippen LogP contribution < -0.4 is 10.1 Å². The highest BCUT2D eigenvalue weighted by atomic mass is 79.9. The van der Waals surface area contributed by atoms with Crippen molar-refractivity contribution in [1.29, 1.82) is 0 Å². The van der Waals surface area contributed by atoms with Crippen LogP contribution in [-0.2, 0) is 6.54 Å². The van der Waals surface area contributed by atoms with Crippen molar-refractivity contribution in [2.24, 2.45) is 0 Å². The molecule has 0 unspecified atom stereocenters. The van der Waals surface area contributed by atoms with Crippen LogP contribution in [-0.4, -0.2) is 16.0 Å². The molecule has 0 atom stereocenters. The number of halogens is 3. The summed E-state index contributed by atoms with van der Waals surface area (Å²) < 4.78 is 6.39. The van der Waals surface area contributed by atoms with E-state index in [9.17, 15) is 0 Å². The number of hydrogen-bond donors (Lipinski definition) is 1. The molecule has 0 bridgehead atoms. The van der Waals surface area contributed by atoms with E-state index >= 15 is 0 Å². The van der Waals surface area contributed by atoms with Crippen LogP contribution in [0.3, 0.4) is 0 Å². The van der Waals surface area contributed by atoms with Gasteiger partial charge in [0.1, 0.15) is 5.75 Å². The molecular formula is C14H12BrCl2N3O. The summed E-state index contributed by atoms with van der Waals surface area (Å²) >= 11 is 15.5. The van der Waals surface area contributed by atoms with Crippen molar-refractivity contribution in [3.63, 3.8) is 0 Å². The SMILES string of the molecule is Clc1cc(Oc2cncc(CNC3CC3)n2)c(Cl)cc1Br. The average molecular weight is 389 g/mol. The average Bonchev–Trinajstić information content (AvgIpc) is 3.27. The minimum atomic E-state index is 0.394. The van der Waals surface area contributed by atoms with Gasteiger partial charge >= 0.3 is 0 Å².